The van der Waals surface area contributed by atoms with Crippen LogP contribution in [-0.4, -0.2) is 34.8 Å². The summed E-state index contributed by atoms with van der Waals surface area (Å²) in [5.41, 5.74) is 1.53. The molecule has 0 spiro atoms. The number of amides is 1. The van der Waals surface area contributed by atoms with Crippen LogP contribution in [0, 0.1) is 0 Å². The van der Waals surface area contributed by atoms with Crippen molar-refractivity contribution >= 4 is 28.5 Å². The largest absolute Gasteiger partial charge is 0.346 e. The summed E-state index contributed by atoms with van der Waals surface area (Å²) < 4.78 is 0. The molecule has 2 aliphatic rings. The van der Waals surface area contributed by atoms with Crippen LogP contribution in [0.3, 0.4) is 0 Å². The van der Waals surface area contributed by atoms with E-state index in [1.54, 1.807) is 18.0 Å². The molecule has 5 heteroatoms. The zero-order chi connectivity index (χ0) is 12.4. The Morgan fingerprint density at radius 3 is 3.00 bits per heavy atom. The van der Waals surface area contributed by atoms with Crippen LogP contribution in [0.1, 0.15) is 0 Å². The number of carbonyl (C=O) groups excluding carboxylic acids is 1. The summed E-state index contributed by atoms with van der Waals surface area (Å²) in [7, 11) is 0. The monoisotopic (exact) mass is 259 g/mol. The molecule has 0 saturated carbocycles. The molecule has 92 valence electrons. The first-order valence-electron chi connectivity index (χ1n) is 5.84. The van der Waals surface area contributed by atoms with Crippen molar-refractivity contribution in [3.8, 4) is 0 Å². The van der Waals surface area contributed by atoms with Gasteiger partial charge in [-0.3, -0.25) is 4.79 Å². The van der Waals surface area contributed by atoms with Crippen molar-refractivity contribution in [3.05, 3.63) is 42.1 Å². The summed E-state index contributed by atoms with van der Waals surface area (Å²) in [5, 5.41) is 3.92. The smallest absolute Gasteiger partial charge is 0.254 e. The Bertz CT molecular complexity index is 524. The van der Waals surface area contributed by atoms with E-state index >= 15 is 0 Å². The molecule has 3 rings (SSSR count). The molecule has 0 radical (unpaired) electrons. The molecule has 1 N–H and O–H groups in total. The van der Waals surface area contributed by atoms with Gasteiger partial charge in [0.2, 0.25) is 0 Å². The molecule has 2 heterocycles. The van der Waals surface area contributed by atoms with Crippen molar-refractivity contribution in [1.29, 1.82) is 0 Å². The van der Waals surface area contributed by atoms with Crippen molar-refractivity contribution in [1.82, 2.24) is 4.90 Å². The molecular formula is C13H13N3OS. The number of nitrogens with one attached hydrogen (secondary N) is 1. The molecule has 1 aromatic carbocycles. The van der Waals surface area contributed by atoms with Crippen molar-refractivity contribution in [2.75, 3.05) is 24.2 Å². The maximum absolute atomic E-state index is 12.1. The third-order valence-electron chi connectivity index (χ3n) is 2.88. The first-order valence-corrected chi connectivity index (χ1v) is 6.82. The SMILES string of the molecule is O=C(Nc1ccccc1)C1=CN=C2SCCN2C1. The van der Waals surface area contributed by atoms with Crippen molar-refractivity contribution in [2.24, 2.45) is 4.99 Å². The van der Waals surface area contributed by atoms with Gasteiger partial charge in [0.15, 0.2) is 5.17 Å². The van der Waals surface area contributed by atoms with Gasteiger partial charge in [0.1, 0.15) is 0 Å². The van der Waals surface area contributed by atoms with Gasteiger partial charge in [-0.25, -0.2) is 4.99 Å². The van der Waals surface area contributed by atoms with Gasteiger partial charge < -0.3 is 10.2 Å². The van der Waals surface area contributed by atoms with E-state index in [2.05, 4.69) is 15.2 Å². The number of rotatable bonds is 2. The van der Waals surface area contributed by atoms with E-state index in [1.807, 2.05) is 30.3 Å². The Balaban J connectivity index is 1.71. The number of benzene rings is 1. The van der Waals surface area contributed by atoms with Gasteiger partial charge in [-0.1, -0.05) is 30.0 Å². The first kappa shape index (κ1) is 11.3. The second kappa shape index (κ2) is 4.86. The van der Waals surface area contributed by atoms with Crippen LogP contribution in [0.25, 0.3) is 0 Å². The minimum absolute atomic E-state index is 0.0686. The molecule has 0 bridgehead atoms. The molecule has 0 unspecified atom stereocenters. The third kappa shape index (κ3) is 2.26. The highest BCUT2D eigenvalue weighted by molar-refractivity contribution is 8.14. The van der Waals surface area contributed by atoms with Crippen LogP contribution in [0.4, 0.5) is 5.69 Å². The number of aliphatic imine (C=N–C) groups is 1. The quantitative estimate of drug-likeness (QED) is 0.882. The molecule has 0 aliphatic carbocycles. The molecule has 4 nitrogen and oxygen atoms in total. The molecule has 18 heavy (non-hydrogen) atoms. The Morgan fingerprint density at radius 2 is 2.17 bits per heavy atom. The molecule has 1 amide bonds. The van der Waals surface area contributed by atoms with E-state index in [9.17, 15) is 4.79 Å². The van der Waals surface area contributed by atoms with Gasteiger partial charge in [0, 0.05) is 24.2 Å². The van der Waals surface area contributed by atoms with Crippen molar-refractivity contribution in [2.45, 2.75) is 0 Å². The lowest BCUT2D eigenvalue weighted by atomic mass is 10.2. The summed E-state index contributed by atoms with van der Waals surface area (Å²) in [4.78, 5) is 18.5. The number of carbonyl (C=O) groups is 1. The predicted octanol–water partition coefficient (Wildman–Crippen LogP) is 1.93. The average Bonchev–Trinajstić information content (AvgIpc) is 2.87. The van der Waals surface area contributed by atoms with Crippen LogP contribution in [0.2, 0.25) is 0 Å². The van der Waals surface area contributed by atoms with E-state index in [-0.39, 0.29) is 5.91 Å². The maximum atomic E-state index is 12.1. The molecular weight excluding hydrogens is 246 g/mol. The van der Waals surface area contributed by atoms with E-state index in [0.29, 0.717) is 12.1 Å². The van der Waals surface area contributed by atoms with E-state index in [4.69, 9.17) is 0 Å². The zero-order valence-electron chi connectivity index (χ0n) is 9.80. The molecule has 1 saturated heterocycles. The minimum Gasteiger partial charge on any atom is -0.346 e. The van der Waals surface area contributed by atoms with Crippen LogP contribution in [0.5, 0.6) is 0 Å². The Hall–Kier alpha value is -1.75. The highest BCUT2D eigenvalue weighted by Crippen LogP contribution is 2.23. The molecule has 2 aliphatic heterocycles. The summed E-state index contributed by atoms with van der Waals surface area (Å²) in [6.45, 7) is 1.63. The molecule has 0 atom stereocenters. The Labute approximate surface area is 110 Å². The number of amidine groups is 1. The number of hydrogen-bond acceptors (Lipinski definition) is 4. The lowest BCUT2D eigenvalue weighted by Gasteiger charge is -2.22. The van der Waals surface area contributed by atoms with E-state index in [0.717, 1.165) is 23.2 Å². The molecule has 1 fully saturated rings. The van der Waals surface area contributed by atoms with Crippen LogP contribution >= 0.6 is 11.8 Å². The zero-order valence-corrected chi connectivity index (χ0v) is 10.6. The lowest BCUT2D eigenvalue weighted by molar-refractivity contribution is -0.113. The standard InChI is InChI=1S/C13H13N3OS/c17-12(15-11-4-2-1-3-5-11)10-8-14-13-16(9-10)6-7-18-13/h1-5,8H,6-7,9H2,(H,15,17). The Kier molecular flexibility index (Phi) is 3.06. The topological polar surface area (TPSA) is 44.7 Å². The van der Waals surface area contributed by atoms with Crippen LogP contribution in [0.15, 0.2) is 47.1 Å². The predicted molar refractivity (Wildman–Crippen MR) is 74.6 cm³/mol. The highest BCUT2D eigenvalue weighted by Gasteiger charge is 2.25. The van der Waals surface area contributed by atoms with Crippen LogP contribution < -0.4 is 5.32 Å². The number of nitrogens with zero attached hydrogens (tertiary/aromatic N) is 2. The first-order chi connectivity index (χ1) is 8.83. The second-order valence-corrected chi connectivity index (χ2v) is 5.22. The number of hydrogen-bond donors (Lipinski definition) is 1. The Morgan fingerprint density at radius 1 is 1.33 bits per heavy atom. The van der Waals surface area contributed by atoms with E-state index in [1.165, 1.54) is 0 Å². The van der Waals surface area contributed by atoms with Crippen LogP contribution in [-0.2, 0) is 4.79 Å². The fourth-order valence-corrected chi connectivity index (χ4v) is 2.90. The summed E-state index contributed by atoms with van der Waals surface area (Å²) in [5.74, 6) is 0.987. The fraction of sp³-hybridized carbons (Fsp3) is 0.231. The molecule has 1 aromatic rings. The van der Waals surface area contributed by atoms with Gasteiger partial charge >= 0.3 is 0 Å². The van der Waals surface area contributed by atoms with Gasteiger partial charge in [0.05, 0.1) is 12.1 Å². The van der Waals surface area contributed by atoms with Gasteiger partial charge in [-0.2, -0.15) is 0 Å². The average molecular weight is 259 g/mol. The number of anilines is 1. The normalized spacial score (nSPS) is 17.9. The third-order valence-corrected chi connectivity index (χ3v) is 3.89. The summed E-state index contributed by atoms with van der Waals surface area (Å²) in [6, 6.07) is 9.48. The molecule has 0 aromatic heterocycles. The number of thioether (sulfide) groups is 1. The fourth-order valence-electron chi connectivity index (χ4n) is 1.94. The summed E-state index contributed by atoms with van der Waals surface area (Å²) in [6.07, 6.45) is 1.68. The highest BCUT2D eigenvalue weighted by atomic mass is 32.2. The maximum Gasteiger partial charge on any atom is 0.254 e. The van der Waals surface area contributed by atoms with E-state index < -0.39 is 0 Å². The van der Waals surface area contributed by atoms with Gasteiger partial charge in [-0.05, 0) is 12.1 Å². The van der Waals surface area contributed by atoms with Gasteiger partial charge in [0.25, 0.3) is 5.91 Å². The minimum atomic E-state index is -0.0686. The number of para-hydroxylation sites is 1. The summed E-state index contributed by atoms with van der Waals surface area (Å²) >= 11 is 1.74. The number of fused-ring (bicyclic) bond motifs is 1. The lowest BCUT2D eigenvalue weighted by Crippen LogP contribution is -2.32. The van der Waals surface area contributed by atoms with Crippen molar-refractivity contribution in [3.63, 3.8) is 0 Å². The van der Waals surface area contributed by atoms with Gasteiger partial charge in [-0.15, -0.1) is 0 Å². The second-order valence-electron chi connectivity index (χ2n) is 4.16. The van der Waals surface area contributed by atoms with Crippen molar-refractivity contribution < 1.29 is 4.79 Å².